The van der Waals surface area contributed by atoms with Gasteiger partial charge in [-0.05, 0) is 18.9 Å². The number of anilines is 1. The maximum Gasteiger partial charge on any atom is 0.351 e. The molecular formula is C17H15FN4O4. The topological polar surface area (TPSA) is 78.5 Å². The van der Waals surface area contributed by atoms with Crippen LogP contribution in [0.2, 0.25) is 0 Å². The summed E-state index contributed by atoms with van der Waals surface area (Å²) in [5.74, 6) is 1.33. The SMILES string of the molecule is C#CCN1C(=O)COc2cc(F)c(-n3c(=O)n4n(c3=O)CCCC4)cc21. The second-order valence-corrected chi connectivity index (χ2v) is 6.10. The summed E-state index contributed by atoms with van der Waals surface area (Å²) in [5.41, 5.74) is -1.22. The molecule has 8 nitrogen and oxygen atoms in total. The fraction of sp³-hybridized carbons (Fsp3) is 0.353. The molecule has 1 aromatic heterocycles. The number of carbonyl (C=O) groups excluding carboxylic acids is 1. The van der Waals surface area contributed by atoms with Crippen LogP contribution < -0.4 is 21.0 Å². The molecule has 0 aliphatic carbocycles. The van der Waals surface area contributed by atoms with Crippen molar-refractivity contribution < 1.29 is 13.9 Å². The second kappa shape index (κ2) is 5.91. The van der Waals surface area contributed by atoms with Gasteiger partial charge in [0, 0.05) is 19.2 Å². The van der Waals surface area contributed by atoms with Gasteiger partial charge in [0.05, 0.1) is 17.9 Å². The molecule has 2 aliphatic heterocycles. The predicted molar refractivity (Wildman–Crippen MR) is 90.2 cm³/mol. The second-order valence-electron chi connectivity index (χ2n) is 6.10. The van der Waals surface area contributed by atoms with Gasteiger partial charge >= 0.3 is 11.4 Å². The summed E-state index contributed by atoms with van der Waals surface area (Å²) in [4.78, 5) is 38.6. The quantitative estimate of drug-likeness (QED) is 0.713. The van der Waals surface area contributed by atoms with Gasteiger partial charge in [0.25, 0.3) is 5.91 Å². The van der Waals surface area contributed by atoms with Crippen molar-refractivity contribution in [2.75, 3.05) is 18.1 Å². The molecule has 0 N–H and O–H groups in total. The van der Waals surface area contributed by atoms with Crippen LogP contribution in [0.3, 0.4) is 0 Å². The number of fused-ring (bicyclic) bond motifs is 2. The molecule has 134 valence electrons. The van der Waals surface area contributed by atoms with E-state index in [4.69, 9.17) is 11.2 Å². The first-order chi connectivity index (χ1) is 12.5. The normalized spacial score (nSPS) is 15.8. The van der Waals surface area contributed by atoms with Gasteiger partial charge < -0.3 is 4.74 Å². The fourth-order valence-electron chi connectivity index (χ4n) is 3.33. The van der Waals surface area contributed by atoms with Crippen LogP contribution in [0.15, 0.2) is 21.7 Å². The third-order valence-electron chi connectivity index (χ3n) is 4.57. The van der Waals surface area contributed by atoms with Crippen LogP contribution in [-0.4, -0.2) is 33.0 Å². The molecule has 2 aromatic rings. The summed E-state index contributed by atoms with van der Waals surface area (Å²) >= 11 is 0. The van der Waals surface area contributed by atoms with Gasteiger partial charge in [0.15, 0.2) is 12.4 Å². The summed E-state index contributed by atoms with van der Waals surface area (Å²) < 4.78 is 23.3. The number of aromatic nitrogens is 3. The summed E-state index contributed by atoms with van der Waals surface area (Å²) in [7, 11) is 0. The van der Waals surface area contributed by atoms with Gasteiger partial charge in [-0.2, -0.15) is 0 Å². The lowest BCUT2D eigenvalue weighted by molar-refractivity contribution is -0.121. The van der Waals surface area contributed by atoms with Crippen molar-refractivity contribution in [2.24, 2.45) is 0 Å². The minimum atomic E-state index is -0.790. The van der Waals surface area contributed by atoms with Gasteiger partial charge in [-0.1, -0.05) is 5.92 Å². The molecule has 0 unspecified atom stereocenters. The zero-order valence-corrected chi connectivity index (χ0v) is 13.8. The minimum absolute atomic E-state index is 0.0274. The first kappa shape index (κ1) is 16.2. The first-order valence-corrected chi connectivity index (χ1v) is 8.16. The molecule has 0 saturated heterocycles. The largest absolute Gasteiger partial charge is 0.481 e. The molecule has 0 saturated carbocycles. The molecule has 1 amide bonds. The number of carbonyl (C=O) groups is 1. The van der Waals surface area contributed by atoms with E-state index in [1.165, 1.54) is 20.3 Å². The van der Waals surface area contributed by atoms with Crippen molar-refractivity contribution in [3.63, 3.8) is 0 Å². The minimum Gasteiger partial charge on any atom is -0.481 e. The Balaban J connectivity index is 1.94. The maximum atomic E-state index is 14.7. The van der Waals surface area contributed by atoms with Gasteiger partial charge in [0.2, 0.25) is 0 Å². The highest BCUT2D eigenvalue weighted by molar-refractivity contribution is 5.98. The lowest BCUT2D eigenvalue weighted by Gasteiger charge is -2.28. The molecule has 0 atom stereocenters. The first-order valence-electron chi connectivity index (χ1n) is 8.16. The zero-order chi connectivity index (χ0) is 18.4. The maximum absolute atomic E-state index is 14.7. The Morgan fingerprint density at radius 1 is 1.08 bits per heavy atom. The van der Waals surface area contributed by atoms with Gasteiger partial charge in [0.1, 0.15) is 5.75 Å². The Bertz CT molecular complexity index is 1030. The van der Waals surface area contributed by atoms with Crippen LogP contribution in [0.1, 0.15) is 12.8 Å². The number of rotatable bonds is 2. The van der Waals surface area contributed by atoms with E-state index >= 15 is 0 Å². The van der Waals surface area contributed by atoms with Crippen molar-refractivity contribution >= 4 is 11.6 Å². The van der Waals surface area contributed by atoms with Crippen molar-refractivity contribution in [1.29, 1.82) is 0 Å². The van der Waals surface area contributed by atoms with Crippen molar-refractivity contribution in [3.8, 4) is 23.8 Å². The average molecular weight is 358 g/mol. The molecule has 3 heterocycles. The van der Waals surface area contributed by atoms with Crippen molar-refractivity contribution in [1.82, 2.24) is 13.9 Å². The molecule has 0 spiro atoms. The van der Waals surface area contributed by atoms with Crippen LogP contribution >= 0.6 is 0 Å². The standard InChI is InChI=1S/C17H15FN4O4/c1-2-5-19-13-9-12(11(18)8-14(13)26-10-15(19)23)22-16(24)20-6-3-4-7-21(20)17(22)25/h1,8-9H,3-7,10H2. The lowest BCUT2D eigenvalue weighted by Crippen LogP contribution is -2.39. The number of hydrogen-bond donors (Lipinski definition) is 0. The fourth-order valence-corrected chi connectivity index (χ4v) is 3.33. The molecule has 2 aliphatic rings. The highest BCUT2D eigenvalue weighted by Crippen LogP contribution is 2.35. The van der Waals surface area contributed by atoms with E-state index in [-0.39, 0.29) is 36.2 Å². The van der Waals surface area contributed by atoms with Gasteiger partial charge in [-0.15, -0.1) is 6.42 Å². The Labute approximate surface area is 147 Å². The number of terminal acetylenes is 1. The highest BCUT2D eigenvalue weighted by atomic mass is 19.1. The molecule has 4 rings (SSSR count). The monoisotopic (exact) mass is 358 g/mol. The van der Waals surface area contributed by atoms with E-state index in [2.05, 4.69) is 5.92 Å². The number of amides is 1. The van der Waals surface area contributed by atoms with E-state index < -0.39 is 17.2 Å². The zero-order valence-electron chi connectivity index (χ0n) is 13.8. The highest BCUT2D eigenvalue weighted by Gasteiger charge is 2.29. The summed E-state index contributed by atoms with van der Waals surface area (Å²) in [6.07, 6.45) is 6.85. The average Bonchev–Trinajstić information content (AvgIpc) is 2.89. The Hall–Kier alpha value is -3.28. The number of benzene rings is 1. The van der Waals surface area contributed by atoms with Crippen LogP contribution in [0.5, 0.6) is 5.75 Å². The summed E-state index contributed by atoms with van der Waals surface area (Å²) in [6, 6.07) is 2.32. The lowest BCUT2D eigenvalue weighted by atomic mass is 10.2. The van der Waals surface area contributed by atoms with Crippen LogP contribution in [-0.2, 0) is 17.9 Å². The number of ether oxygens (including phenoxy) is 1. The number of halogens is 1. The smallest absolute Gasteiger partial charge is 0.351 e. The van der Waals surface area contributed by atoms with E-state index in [9.17, 15) is 18.8 Å². The van der Waals surface area contributed by atoms with Crippen LogP contribution in [0.25, 0.3) is 5.69 Å². The third-order valence-corrected chi connectivity index (χ3v) is 4.57. The van der Waals surface area contributed by atoms with Gasteiger partial charge in [-0.25, -0.2) is 27.9 Å². The molecule has 0 radical (unpaired) electrons. The Kier molecular flexibility index (Phi) is 3.68. The summed E-state index contributed by atoms with van der Waals surface area (Å²) in [5, 5.41) is 0. The van der Waals surface area contributed by atoms with Crippen molar-refractivity contribution in [2.45, 2.75) is 25.9 Å². The van der Waals surface area contributed by atoms with Crippen LogP contribution in [0.4, 0.5) is 10.1 Å². The van der Waals surface area contributed by atoms with E-state index in [1.807, 2.05) is 0 Å². The molecule has 0 fully saturated rings. The molecular weight excluding hydrogens is 343 g/mol. The summed E-state index contributed by atoms with van der Waals surface area (Å²) in [6.45, 7) is 0.522. The molecule has 26 heavy (non-hydrogen) atoms. The van der Waals surface area contributed by atoms with E-state index in [0.717, 1.165) is 23.5 Å². The number of nitrogens with zero attached hydrogens (tertiary/aromatic N) is 4. The van der Waals surface area contributed by atoms with Crippen LogP contribution in [0, 0.1) is 18.2 Å². The van der Waals surface area contributed by atoms with E-state index in [0.29, 0.717) is 13.1 Å². The Morgan fingerprint density at radius 3 is 2.35 bits per heavy atom. The third kappa shape index (κ3) is 2.26. The van der Waals surface area contributed by atoms with E-state index in [1.54, 1.807) is 0 Å². The predicted octanol–water partition coefficient (Wildman–Crippen LogP) is 0.0922. The van der Waals surface area contributed by atoms with Crippen molar-refractivity contribution in [3.05, 3.63) is 38.9 Å². The molecule has 1 aromatic carbocycles. The number of hydrogen-bond acceptors (Lipinski definition) is 4. The molecule has 0 bridgehead atoms. The molecule has 9 heteroatoms. The van der Waals surface area contributed by atoms with Gasteiger partial charge in [-0.3, -0.25) is 9.69 Å². The Morgan fingerprint density at radius 2 is 1.73 bits per heavy atom.